The highest BCUT2D eigenvalue weighted by molar-refractivity contribution is 5.52. The number of alkyl halides is 2. The van der Waals surface area contributed by atoms with Crippen LogP contribution in [0.15, 0.2) is 24.7 Å². The van der Waals surface area contributed by atoms with Crippen molar-refractivity contribution in [2.24, 2.45) is 0 Å². The summed E-state index contributed by atoms with van der Waals surface area (Å²) < 4.78 is 25.5. The van der Waals surface area contributed by atoms with Crippen molar-refractivity contribution in [3.63, 3.8) is 0 Å². The van der Waals surface area contributed by atoms with E-state index in [-0.39, 0.29) is 11.4 Å². The summed E-state index contributed by atoms with van der Waals surface area (Å²) in [6, 6.07) is 1.36. The highest BCUT2D eigenvalue weighted by Crippen LogP contribution is 2.20. The summed E-state index contributed by atoms with van der Waals surface area (Å²) in [4.78, 5) is 7.74. The molecule has 2 aromatic heterocycles. The van der Waals surface area contributed by atoms with Gasteiger partial charge in [0.2, 0.25) is 0 Å². The van der Waals surface area contributed by atoms with Crippen LogP contribution in [-0.2, 0) is 6.61 Å². The normalized spacial score (nSPS) is 11.0. The molecule has 0 saturated heterocycles. The van der Waals surface area contributed by atoms with Crippen molar-refractivity contribution in [2.45, 2.75) is 13.2 Å². The van der Waals surface area contributed by atoms with Crippen LogP contribution in [0.5, 0.6) is 0 Å². The van der Waals surface area contributed by atoms with E-state index in [0.29, 0.717) is 10.4 Å². The first kappa shape index (κ1) is 10.6. The van der Waals surface area contributed by atoms with E-state index < -0.39 is 13.2 Å². The lowest BCUT2D eigenvalue weighted by Crippen LogP contribution is -2.05. The third-order valence-electron chi connectivity index (χ3n) is 1.99. The molecule has 0 bridgehead atoms. The van der Waals surface area contributed by atoms with Gasteiger partial charge in [0, 0.05) is 12.4 Å². The molecule has 0 saturated carbocycles. The topological polar surface area (TPSA) is 63.8 Å². The highest BCUT2D eigenvalue weighted by Gasteiger charge is 2.15. The van der Waals surface area contributed by atoms with E-state index in [2.05, 4.69) is 15.1 Å². The number of hydrogen-bond donors (Lipinski definition) is 1. The van der Waals surface area contributed by atoms with Gasteiger partial charge in [0.05, 0.1) is 18.5 Å². The minimum absolute atomic E-state index is 0.0376. The van der Waals surface area contributed by atoms with E-state index in [1.54, 1.807) is 0 Å². The van der Waals surface area contributed by atoms with E-state index in [1.165, 1.54) is 24.7 Å². The number of nitrogens with zero attached hydrogens (tertiary/aromatic N) is 4. The van der Waals surface area contributed by atoms with Crippen molar-refractivity contribution in [3.05, 3.63) is 30.4 Å². The smallest absolute Gasteiger partial charge is 0.333 e. The van der Waals surface area contributed by atoms with Gasteiger partial charge in [-0.05, 0) is 6.07 Å². The predicted octanol–water partition coefficient (Wildman–Crippen LogP) is 1.23. The van der Waals surface area contributed by atoms with Crippen LogP contribution in [0.3, 0.4) is 0 Å². The summed E-state index contributed by atoms with van der Waals surface area (Å²) in [5.41, 5.74) is 0.685. The monoisotopic (exact) mass is 226 g/mol. The Labute approximate surface area is 89.4 Å². The van der Waals surface area contributed by atoms with E-state index in [4.69, 9.17) is 5.11 Å². The van der Waals surface area contributed by atoms with Crippen LogP contribution in [0.4, 0.5) is 8.78 Å². The molecule has 0 unspecified atom stereocenters. The molecule has 2 heterocycles. The lowest BCUT2D eigenvalue weighted by molar-refractivity contribution is 0.0492. The lowest BCUT2D eigenvalue weighted by atomic mass is 10.3. The van der Waals surface area contributed by atoms with Crippen LogP contribution in [-0.4, -0.2) is 24.9 Å². The van der Waals surface area contributed by atoms with Crippen molar-refractivity contribution in [3.8, 4) is 11.4 Å². The predicted molar refractivity (Wildman–Crippen MR) is 50.4 cm³/mol. The van der Waals surface area contributed by atoms with E-state index in [1.807, 2.05) is 0 Å². The molecule has 0 atom stereocenters. The molecular weight excluding hydrogens is 218 g/mol. The molecule has 16 heavy (non-hydrogen) atoms. The maximum Gasteiger partial charge on any atom is 0.333 e. The zero-order chi connectivity index (χ0) is 11.5. The van der Waals surface area contributed by atoms with E-state index in [0.717, 1.165) is 0 Å². The summed E-state index contributed by atoms with van der Waals surface area (Å²) in [6.45, 7) is -3.29. The molecule has 84 valence electrons. The van der Waals surface area contributed by atoms with Gasteiger partial charge in [-0.2, -0.15) is 13.9 Å². The number of halogens is 2. The first-order chi connectivity index (χ1) is 7.72. The first-order valence-corrected chi connectivity index (χ1v) is 4.46. The van der Waals surface area contributed by atoms with Crippen molar-refractivity contribution >= 4 is 0 Å². The number of rotatable bonds is 3. The van der Waals surface area contributed by atoms with E-state index in [9.17, 15) is 8.78 Å². The van der Waals surface area contributed by atoms with Crippen LogP contribution >= 0.6 is 0 Å². The van der Waals surface area contributed by atoms with Crippen molar-refractivity contribution in [1.29, 1.82) is 0 Å². The molecule has 2 aromatic rings. The summed E-state index contributed by atoms with van der Waals surface area (Å²) >= 11 is 0. The standard InChI is InChI=1S/C9H8F2N4O/c10-9(11)15-6(5-16)3-7(14-15)8-4-12-1-2-13-8/h1-4,9,16H,5H2. The summed E-state index contributed by atoms with van der Waals surface area (Å²) in [7, 11) is 0. The molecule has 0 spiro atoms. The maximum atomic E-state index is 12.5. The van der Waals surface area contributed by atoms with E-state index >= 15 is 0 Å². The molecule has 1 N–H and O–H groups in total. The van der Waals surface area contributed by atoms with Gasteiger partial charge in [-0.3, -0.25) is 9.97 Å². The van der Waals surface area contributed by atoms with Crippen molar-refractivity contribution in [2.75, 3.05) is 0 Å². The molecule has 2 rings (SSSR count). The summed E-state index contributed by atoms with van der Waals surface area (Å²) in [5.74, 6) is 0. The molecule has 0 aliphatic carbocycles. The zero-order valence-corrected chi connectivity index (χ0v) is 8.09. The maximum absolute atomic E-state index is 12.5. The minimum Gasteiger partial charge on any atom is -0.390 e. The number of aromatic nitrogens is 4. The van der Waals surface area contributed by atoms with Crippen LogP contribution in [0, 0.1) is 0 Å². The van der Waals surface area contributed by atoms with Crippen LogP contribution in [0.2, 0.25) is 0 Å². The van der Waals surface area contributed by atoms with Gasteiger partial charge < -0.3 is 5.11 Å². The first-order valence-electron chi connectivity index (χ1n) is 4.46. The Morgan fingerprint density at radius 1 is 1.31 bits per heavy atom. The molecule has 0 fully saturated rings. The molecule has 0 radical (unpaired) electrons. The minimum atomic E-state index is -2.78. The fourth-order valence-electron chi connectivity index (χ4n) is 1.28. The highest BCUT2D eigenvalue weighted by atomic mass is 19.3. The van der Waals surface area contributed by atoms with Gasteiger partial charge >= 0.3 is 6.55 Å². The Bertz CT molecular complexity index is 472. The largest absolute Gasteiger partial charge is 0.390 e. The zero-order valence-electron chi connectivity index (χ0n) is 8.09. The lowest BCUT2D eigenvalue weighted by Gasteiger charge is -2.01. The fraction of sp³-hybridized carbons (Fsp3) is 0.222. The van der Waals surface area contributed by atoms with Crippen LogP contribution in [0.1, 0.15) is 12.2 Å². The molecule has 0 aromatic carbocycles. The van der Waals surface area contributed by atoms with Gasteiger partial charge in [0.15, 0.2) is 0 Å². The Balaban J connectivity index is 2.44. The third-order valence-corrected chi connectivity index (χ3v) is 1.99. The Hall–Kier alpha value is -1.89. The Kier molecular flexibility index (Phi) is 2.86. The Morgan fingerprint density at radius 2 is 2.12 bits per heavy atom. The second kappa shape index (κ2) is 4.31. The quantitative estimate of drug-likeness (QED) is 0.854. The second-order valence-corrected chi connectivity index (χ2v) is 2.99. The number of aliphatic hydroxyl groups excluding tert-OH is 1. The van der Waals surface area contributed by atoms with Gasteiger partial charge in [-0.1, -0.05) is 0 Å². The van der Waals surface area contributed by atoms with Crippen LogP contribution < -0.4 is 0 Å². The molecule has 5 nitrogen and oxygen atoms in total. The molecular formula is C9H8F2N4O. The second-order valence-electron chi connectivity index (χ2n) is 2.99. The average Bonchev–Trinajstić information content (AvgIpc) is 2.74. The summed E-state index contributed by atoms with van der Waals surface area (Å²) in [6.07, 6.45) is 4.33. The van der Waals surface area contributed by atoms with Crippen molar-refractivity contribution in [1.82, 2.24) is 19.7 Å². The third kappa shape index (κ3) is 1.89. The Morgan fingerprint density at radius 3 is 2.62 bits per heavy atom. The van der Waals surface area contributed by atoms with Crippen LogP contribution in [0.25, 0.3) is 11.4 Å². The number of aliphatic hydroxyl groups is 1. The average molecular weight is 226 g/mol. The van der Waals surface area contributed by atoms with Gasteiger partial charge in [-0.25, -0.2) is 4.68 Å². The van der Waals surface area contributed by atoms with Crippen molar-refractivity contribution < 1.29 is 13.9 Å². The number of hydrogen-bond acceptors (Lipinski definition) is 4. The molecule has 0 aliphatic rings. The molecule has 0 amide bonds. The fourth-order valence-corrected chi connectivity index (χ4v) is 1.28. The SMILES string of the molecule is OCc1cc(-c2cnccn2)nn1C(F)F. The van der Waals surface area contributed by atoms with Gasteiger partial charge in [0.25, 0.3) is 0 Å². The van der Waals surface area contributed by atoms with Gasteiger partial charge in [0.1, 0.15) is 11.4 Å². The summed E-state index contributed by atoms with van der Waals surface area (Å²) in [5, 5.41) is 12.6. The molecule has 0 aliphatic heterocycles. The molecule has 7 heteroatoms. The van der Waals surface area contributed by atoms with Gasteiger partial charge in [-0.15, -0.1) is 0 Å².